The van der Waals surface area contributed by atoms with Crippen LogP contribution in [0.3, 0.4) is 0 Å². The van der Waals surface area contributed by atoms with Gasteiger partial charge in [-0.05, 0) is 38.0 Å². The van der Waals surface area contributed by atoms with Crippen LogP contribution in [0.1, 0.15) is 44.9 Å². The fourth-order valence-electron chi connectivity index (χ4n) is 3.65. The number of carbonyl (C=O) groups is 2. The molecule has 3 fully saturated rings. The number of hydrogen-bond acceptors (Lipinski definition) is 3. The van der Waals surface area contributed by atoms with Gasteiger partial charge in [-0.1, -0.05) is 0 Å². The summed E-state index contributed by atoms with van der Waals surface area (Å²) in [5.74, 6) is 0.883. The van der Waals surface area contributed by atoms with Gasteiger partial charge < -0.3 is 15.0 Å². The minimum atomic E-state index is 0.171. The second-order valence-electron chi connectivity index (χ2n) is 6.27. The van der Waals surface area contributed by atoms with Gasteiger partial charge in [0.25, 0.3) is 0 Å². The summed E-state index contributed by atoms with van der Waals surface area (Å²) >= 11 is 0. The molecule has 0 aromatic rings. The zero-order valence-electron chi connectivity index (χ0n) is 12.0. The van der Waals surface area contributed by atoms with Crippen LogP contribution in [-0.2, 0) is 14.3 Å². The van der Waals surface area contributed by atoms with E-state index in [9.17, 15) is 9.59 Å². The van der Waals surface area contributed by atoms with Crippen molar-refractivity contribution in [3.8, 4) is 0 Å². The molecule has 3 rings (SSSR count). The Morgan fingerprint density at radius 2 is 2.25 bits per heavy atom. The lowest BCUT2D eigenvalue weighted by Gasteiger charge is -2.41. The van der Waals surface area contributed by atoms with E-state index in [2.05, 4.69) is 5.32 Å². The van der Waals surface area contributed by atoms with Crippen molar-refractivity contribution in [2.24, 2.45) is 5.92 Å². The second-order valence-corrected chi connectivity index (χ2v) is 6.27. The van der Waals surface area contributed by atoms with Crippen LogP contribution in [0.5, 0.6) is 0 Å². The molecule has 3 unspecified atom stereocenters. The molecule has 5 heteroatoms. The number of nitrogens with one attached hydrogen (secondary N) is 1. The summed E-state index contributed by atoms with van der Waals surface area (Å²) in [5, 5.41) is 3.06. The molecule has 0 aromatic heterocycles. The summed E-state index contributed by atoms with van der Waals surface area (Å²) in [5.41, 5.74) is 0. The molecule has 3 heterocycles. The van der Waals surface area contributed by atoms with Crippen LogP contribution in [0.25, 0.3) is 0 Å². The van der Waals surface area contributed by atoms with Gasteiger partial charge in [-0.3, -0.25) is 9.59 Å². The highest BCUT2D eigenvalue weighted by atomic mass is 16.5. The van der Waals surface area contributed by atoms with E-state index in [4.69, 9.17) is 4.74 Å². The van der Waals surface area contributed by atoms with Gasteiger partial charge in [-0.15, -0.1) is 0 Å². The summed E-state index contributed by atoms with van der Waals surface area (Å²) in [7, 11) is 0. The van der Waals surface area contributed by atoms with Crippen LogP contribution in [0.4, 0.5) is 0 Å². The van der Waals surface area contributed by atoms with Crippen molar-refractivity contribution in [1.82, 2.24) is 10.2 Å². The molecule has 112 valence electrons. The zero-order valence-corrected chi connectivity index (χ0v) is 12.0. The maximum Gasteiger partial charge on any atom is 0.222 e. The molecular formula is C15H24N2O3. The van der Waals surface area contributed by atoms with E-state index in [1.165, 1.54) is 0 Å². The van der Waals surface area contributed by atoms with Gasteiger partial charge >= 0.3 is 0 Å². The van der Waals surface area contributed by atoms with Crippen LogP contribution >= 0.6 is 0 Å². The molecule has 0 radical (unpaired) electrons. The van der Waals surface area contributed by atoms with Gasteiger partial charge in [0.05, 0.1) is 6.10 Å². The van der Waals surface area contributed by atoms with Crippen molar-refractivity contribution in [1.29, 1.82) is 0 Å². The van der Waals surface area contributed by atoms with Crippen molar-refractivity contribution < 1.29 is 14.3 Å². The molecular weight excluding hydrogens is 256 g/mol. The summed E-state index contributed by atoms with van der Waals surface area (Å²) in [6.07, 6.45) is 6.43. The van der Waals surface area contributed by atoms with Crippen LogP contribution in [0.15, 0.2) is 0 Å². The van der Waals surface area contributed by atoms with Gasteiger partial charge in [0.1, 0.15) is 0 Å². The van der Waals surface area contributed by atoms with Gasteiger partial charge in [-0.25, -0.2) is 0 Å². The lowest BCUT2D eigenvalue weighted by molar-refractivity contribution is -0.135. The Bertz CT molecular complexity index is 379. The molecule has 0 bridgehead atoms. The SMILES string of the molecule is O=C1CCC2CN(C(=O)CCC3CCCO3)CCC2N1. The number of amides is 2. The number of rotatable bonds is 3. The number of carbonyl (C=O) groups excluding carboxylic acids is 2. The molecule has 1 N–H and O–H groups in total. The smallest absolute Gasteiger partial charge is 0.222 e. The molecule has 3 saturated heterocycles. The maximum atomic E-state index is 12.3. The highest BCUT2D eigenvalue weighted by Gasteiger charge is 2.35. The Morgan fingerprint density at radius 3 is 3.05 bits per heavy atom. The van der Waals surface area contributed by atoms with Crippen molar-refractivity contribution in [3.05, 3.63) is 0 Å². The summed E-state index contributed by atoms with van der Waals surface area (Å²) in [6.45, 7) is 2.45. The molecule has 0 spiro atoms. The summed E-state index contributed by atoms with van der Waals surface area (Å²) < 4.78 is 5.57. The number of hydrogen-bond donors (Lipinski definition) is 1. The van der Waals surface area contributed by atoms with E-state index in [0.29, 0.717) is 30.9 Å². The molecule has 5 nitrogen and oxygen atoms in total. The average molecular weight is 280 g/mol. The number of likely N-dealkylation sites (tertiary alicyclic amines) is 1. The van der Waals surface area contributed by atoms with E-state index in [1.54, 1.807) is 0 Å². The Kier molecular flexibility index (Phi) is 4.24. The van der Waals surface area contributed by atoms with Crippen LogP contribution in [-0.4, -0.2) is 48.6 Å². The van der Waals surface area contributed by atoms with Gasteiger partial charge in [0.15, 0.2) is 0 Å². The first kappa shape index (κ1) is 13.9. The first-order chi connectivity index (χ1) is 9.72. The number of nitrogens with zero attached hydrogens (tertiary/aromatic N) is 1. The lowest BCUT2D eigenvalue weighted by atomic mass is 9.85. The molecule has 20 heavy (non-hydrogen) atoms. The van der Waals surface area contributed by atoms with E-state index < -0.39 is 0 Å². The third-order valence-corrected chi connectivity index (χ3v) is 4.88. The predicted molar refractivity (Wildman–Crippen MR) is 74.1 cm³/mol. The predicted octanol–water partition coefficient (Wildman–Crippen LogP) is 1.07. The first-order valence-electron chi connectivity index (χ1n) is 7.91. The van der Waals surface area contributed by atoms with E-state index in [-0.39, 0.29) is 11.8 Å². The first-order valence-corrected chi connectivity index (χ1v) is 7.91. The minimum absolute atomic E-state index is 0.171. The number of piperidine rings is 2. The van der Waals surface area contributed by atoms with E-state index >= 15 is 0 Å². The quantitative estimate of drug-likeness (QED) is 0.841. The minimum Gasteiger partial charge on any atom is -0.378 e. The Balaban J connectivity index is 1.46. The summed E-state index contributed by atoms with van der Waals surface area (Å²) in [6, 6.07) is 0.290. The second kappa shape index (κ2) is 6.12. The van der Waals surface area contributed by atoms with Gasteiger partial charge in [-0.2, -0.15) is 0 Å². The van der Waals surface area contributed by atoms with Crippen LogP contribution < -0.4 is 5.32 Å². The third-order valence-electron chi connectivity index (χ3n) is 4.88. The molecule has 3 atom stereocenters. The van der Waals surface area contributed by atoms with Crippen molar-refractivity contribution in [2.45, 2.75) is 57.1 Å². The molecule has 3 aliphatic heterocycles. The monoisotopic (exact) mass is 280 g/mol. The highest BCUT2D eigenvalue weighted by Crippen LogP contribution is 2.26. The largest absolute Gasteiger partial charge is 0.378 e. The van der Waals surface area contributed by atoms with Crippen LogP contribution in [0, 0.1) is 5.92 Å². The van der Waals surface area contributed by atoms with E-state index in [1.807, 2.05) is 4.90 Å². The highest BCUT2D eigenvalue weighted by molar-refractivity contribution is 5.78. The lowest BCUT2D eigenvalue weighted by Crippen LogP contribution is -2.55. The van der Waals surface area contributed by atoms with E-state index in [0.717, 1.165) is 51.8 Å². The molecule has 0 aliphatic carbocycles. The summed E-state index contributed by atoms with van der Waals surface area (Å²) in [4.78, 5) is 25.6. The Hall–Kier alpha value is -1.10. The normalized spacial score (nSPS) is 33.7. The molecule has 3 aliphatic rings. The van der Waals surface area contributed by atoms with Crippen molar-refractivity contribution in [3.63, 3.8) is 0 Å². The standard InChI is InChI=1S/C15H24N2O3/c18-14-5-3-11-10-17(8-7-13(11)16-14)15(19)6-4-12-2-1-9-20-12/h11-13H,1-10H2,(H,16,18). The maximum absolute atomic E-state index is 12.3. The average Bonchev–Trinajstić information content (AvgIpc) is 2.97. The van der Waals surface area contributed by atoms with Crippen LogP contribution in [0.2, 0.25) is 0 Å². The third kappa shape index (κ3) is 3.14. The Labute approximate surface area is 120 Å². The fourth-order valence-corrected chi connectivity index (χ4v) is 3.65. The molecule has 2 amide bonds. The van der Waals surface area contributed by atoms with Gasteiger partial charge in [0.2, 0.25) is 11.8 Å². The topological polar surface area (TPSA) is 58.6 Å². The van der Waals surface area contributed by atoms with Gasteiger partial charge in [0, 0.05) is 38.6 Å². The Morgan fingerprint density at radius 1 is 1.35 bits per heavy atom. The van der Waals surface area contributed by atoms with Crippen molar-refractivity contribution >= 4 is 11.8 Å². The molecule has 0 saturated carbocycles. The van der Waals surface area contributed by atoms with Crippen molar-refractivity contribution in [2.75, 3.05) is 19.7 Å². The number of ether oxygens (including phenoxy) is 1. The fraction of sp³-hybridized carbons (Fsp3) is 0.867. The molecule has 0 aromatic carbocycles. The zero-order chi connectivity index (χ0) is 13.9. The number of fused-ring (bicyclic) bond motifs is 1.